The molecule has 3 nitrogen and oxygen atoms in total. The highest BCUT2D eigenvalue weighted by Gasteiger charge is 2.30. The van der Waals surface area contributed by atoms with Gasteiger partial charge in [-0.2, -0.15) is 13.2 Å². The standard InChI is InChI=1S/C12H14F3NO2/c13-12(14,15)10-4-1-3-9(7-10)8-16-11(18)5-2-6-17/h1,3-4,7,17H,2,5-6,8H2,(H,16,18). The van der Waals surface area contributed by atoms with Crippen LogP contribution in [0.15, 0.2) is 24.3 Å². The lowest BCUT2D eigenvalue weighted by molar-refractivity contribution is -0.137. The summed E-state index contributed by atoms with van der Waals surface area (Å²) in [6, 6.07) is 4.81. The average Bonchev–Trinajstić information content (AvgIpc) is 2.33. The molecule has 0 saturated carbocycles. The van der Waals surface area contributed by atoms with E-state index in [1.54, 1.807) is 0 Å². The molecule has 0 saturated heterocycles. The number of hydrogen-bond donors (Lipinski definition) is 2. The normalized spacial score (nSPS) is 11.3. The van der Waals surface area contributed by atoms with Crippen LogP contribution in [0.4, 0.5) is 13.2 Å². The minimum Gasteiger partial charge on any atom is -0.396 e. The Morgan fingerprint density at radius 3 is 2.67 bits per heavy atom. The molecule has 0 aliphatic rings. The second-order valence-corrected chi connectivity index (χ2v) is 3.80. The zero-order chi connectivity index (χ0) is 13.6. The molecule has 0 unspecified atom stereocenters. The molecule has 18 heavy (non-hydrogen) atoms. The fraction of sp³-hybridized carbons (Fsp3) is 0.417. The Bertz CT molecular complexity index is 405. The molecule has 0 radical (unpaired) electrons. The second-order valence-electron chi connectivity index (χ2n) is 3.80. The highest BCUT2D eigenvalue weighted by molar-refractivity contribution is 5.75. The van der Waals surface area contributed by atoms with Gasteiger partial charge in [0, 0.05) is 19.6 Å². The SMILES string of the molecule is O=C(CCCO)NCc1cccc(C(F)(F)F)c1. The summed E-state index contributed by atoms with van der Waals surface area (Å²) in [6.07, 6.45) is -3.87. The topological polar surface area (TPSA) is 49.3 Å². The first-order valence-electron chi connectivity index (χ1n) is 5.47. The molecule has 0 aliphatic heterocycles. The summed E-state index contributed by atoms with van der Waals surface area (Å²) in [4.78, 5) is 11.2. The predicted molar refractivity (Wildman–Crippen MR) is 59.6 cm³/mol. The first kappa shape index (κ1) is 14.5. The minimum atomic E-state index is -4.38. The van der Waals surface area contributed by atoms with Gasteiger partial charge in [0.2, 0.25) is 5.91 Å². The van der Waals surface area contributed by atoms with Crippen molar-refractivity contribution in [2.24, 2.45) is 0 Å². The van der Waals surface area contributed by atoms with Crippen molar-refractivity contribution < 1.29 is 23.1 Å². The van der Waals surface area contributed by atoms with Crippen molar-refractivity contribution in [2.45, 2.75) is 25.6 Å². The monoisotopic (exact) mass is 261 g/mol. The predicted octanol–water partition coefficient (Wildman–Crippen LogP) is 2.09. The van der Waals surface area contributed by atoms with Gasteiger partial charge in [-0.05, 0) is 24.1 Å². The van der Waals surface area contributed by atoms with E-state index in [1.165, 1.54) is 12.1 Å². The van der Waals surface area contributed by atoms with Crippen LogP contribution in [0, 0.1) is 0 Å². The third kappa shape index (κ3) is 4.75. The van der Waals surface area contributed by atoms with E-state index >= 15 is 0 Å². The largest absolute Gasteiger partial charge is 0.416 e. The van der Waals surface area contributed by atoms with E-state index in [4.69, 9.17) is 5.11 Å². The number of aliphatic hydroxyl groups is 1. The van der Waals surface area contributed by atoms with Gasteiger partial charge in [-0.25, -0.2) is 0 Å². The summed E-state index contributed by atoms with van der Waals surface area (Å²) in [7, 11) is 0. The molecule has 1 aromatic rings. The van der Waals surface area contributed by atoms with Gasteiger partial charge in [0.05, 0.1) is 5.56 Å². The van der Waals surface area contributed by atoms with Gasteiger partial charge in [0.15, 0.2) is 0 Å². The molecule has 0 fully saturated rings. The van der Waals surface area contributed by atoms with Gasteiger partial charge in [-0.3, -0.25) is 4.79 Å². The molecule has 2 N–H and O–H groups in total. The zero-order valence-corrected chi connectivity index (χ0v) is 9.63. The third-order valence-electron chi connectivity index (χ3n) is 2.31. The summed E-state index contributed by atoms with van der Waals surface area (Å²) >= 11 is 0. The van der Waals surface area contributed by atoms with Crippen molar-refractivity contribution >= 4 is 5.91 Å². The van der Waals surface area contributed by atoms with E-state index in [1.807, 2.05) is 0 Å². The van der Waals surface area contributed by atoms with Crippen LogP contribution in [-0.2, 0) is 17.5 Å². The Balaban J connectivity index is 2.55. The number of hydrogen-bond acceptors (Lipinski definition) is 2. The second kappa shape index (κ2) is 6.39. The number of alkyl halides is 3. The van der Waals surface area contributed by atoms with Crippen molar-refractivity contribution in [1.82, 2.24) is 5.32 Å². The van der Waals surface area contributed by atoms with E-state index in [2.05, 4.69) is 5.32 Å². The van der Waals surface area contributed by atoms with E-state index in [9.17, 15) is 18.0 Å². The maximum Gasteiger partial charge on any atom is 0.416 e. The van der Waals surface area contributed by atoms with E-state index < -0.39 is 11.7 Å². The molecule has 6 heteroatoms. The quantitative estimate of drug-likeness (QED) is 0.852. The summed E-state index contributed by atoms with van der Waals surface area (Å²) in [5.74, 6) is -0.290. The minimum absolute atomic E-state index is 0.0498. The van der Waals surface area contributed by atoms with Crippen molar-refractivity contribution in [3.8, 4) is 0 Å². The van der Waals surface area contributed by atoms with Gasteiger partial charge in [-0.15, -0.1) is 0 Å². The van der Waals surface area contributed by atoms with Crippen LogP contribution in [0.25, 0.3) is 0 Å². The molecule has 0 heterocycles. The molecular weight excluding hydrogens is 247 g/mol. The lowest BCUT2D eigenvalue weighted by atomic mass is 10.1. The summed E-state index contributed by atoms with van der Waals surface area (Å²) in [5, 5.41) is 11.0. The fourth-order valence-corrected chi connectivity index (χ4v) is 1.39. The van der Waals surface area contributed by atoms with Crippen molar-refractivity contribution in [3.63, 3.8) is 0 Å². The van der Waals surface area contributed by atoms with Crippen LogP contribution in [0.3, 0.4) is 0 Å². The molecule has 1 aromatic carbocycles. The van der Waals surface area contributed by atoms with E-state index in [-0.39, 0.29) is 25.5 Å². The highest BCUT2D eigenvalue weighted by Crippen LogP contribution is 2.29. The number of carbonyl (C=O) groups excluding carboxylic acids is 1. The van der Waals surface area contributed by atoms with Crippen LogP contribution in [0.1, 0.15) is 24.0 Å². The number of nitrogens with one attached hydrogen (secondary N) is 1. The van der Waals surface area contributed by atoms with Crippen LogP contribution < -0.4 is 5.32 Å². The molecule has 0 aromatic heterocycles. The number of rotatable bonds is 5. The van der Waals surface area contributed by atoms with Crippen LogP contribution in [0.5, 0.6) is 0 Å². The molecule has 0 bridgehead atoms. The maximum absolute atomic E-state index is 12.4. The van der Waals surface area contributed by atoms with E-state index in [0.29, 0.717) is 12.0 Å². The smallest absolute Gasteiger partial charge is 0.396 e. The van der Waals surface area contributed by atoms with E-state index in [0.717, 1.165) is 12.1 Å². The van der Waals surface area contributed by atoms with Crippen LogP contribution in [-0.4, -0.2) is 17.6 Å². The number of aliphatic hydroxyl groups excluding tert-OH is 1. The van der Waals surface area contributed by atoms with Gasteiger partial charge in [-0.1, -0.05) is 12.1 Å². The number of amides is 1. The molecular formula is C12H14F3NO2. The Morgan fingerprint density at radius 2 is 2.06 bits per heavy atom. The average molecular weight is 261 g/mol. The van der Waals surface area contributed by atoms with Crippen molar-refractivity contribution in [3.05, 3.63) is 35.4 Å². The van der Waals surface area contributed by atoms with Gasteiger partial charge in [0.25, 0.3) is 0 Å². The number of halogens is 3. The van der Waals surface area contributed by atoms with Gasteiger partial charge >= 0.3 is 6.18 Å². The Morgan fingerprint density at radius 1 is 1.33 bits per heavy atom. The Hall–Kier alpha value is -1.56. The third-order valence-corrected chi connectivity index (χ3v) is 2.31. The lowest BCUT2D eigenvalue weighted by Gasteiger charge is -2.09. The zero-order valence-electron chi connectivity index (χ0n) is 9.63. The highest BCUT2D eigenvalue weighted by atomic mass is 19.4. The van der Waals surface area contributed by atoms with Gasteiger partial charge < -0.3 is 10.4 Å². The van der Waals surface area contributed by atoms with Crippen molar-refractivity contribution in [1.29, 1.82) is 0 Å². The fourth-order valence-electron chi connectivity index (χ4n) is 1.39. The molecule has 1 rings (SSSR count). The molecule has 1 amide bonds. The summed E-state index contributed by atoms with van der Waals surface area (Å²) in [5.41, 5.74) is -0.341. The van der Waals surface area contributed by atoms with Crippen LogP contribution in [0.2, 0.25) is 0 Å². The number of benzene rings is 1. The first-order chi connectivity index (χ1) is 8.43. The summed E-state index contributed by atoms with van der Waals surface area (Å²) in [6.45, 7) is -0.0365. The molecule has 100 valence electrons. The number of carbonyl (C=O) groups is 1. The maximum atomic E-state index is 12.4. The lowest BCUT2D eigenvalue weighted by Crippen LogP contribution is -2.22. The Labute approximate surface area is 103 Å². The summed E-state index contributed by atoms with van der Waals surface area (Å²) < 4.78 is 37.3. The van der Waals surface area contributed by atoms with Crippen LogP contribution >= 0.6 is 0 Å². The van der Waals surface area contributed by atoms with Crippen molar-refractivity contribution in [2.75, 3.05) is 6.61 Å². The Kier molecular flexibility index (Phi) is 5.15. The van der Waals surface area contributed by atoms with Gasteiger partial charge in [0.1, 0.15) is 0 Å². The first-order valence-corrected chi connectivity index (χ1v) is 5.47. The molecule has 0 aliphatic carbocycles. The molecule has 0 atom stereocenters. The molecule has 0 spiro atoms.